The molecule has 1 aromatic heterocycles. The standard InChI is InChI=1S/C7H10BrN3/c1-2-11-6-4-10-3-5(8)7(6)9/h3-4,11H,2H2,1H3,(H2,9,10). The Labute approximate surface area is 74.1 Å². The summed E-state index contributed by atoms with van der Waals surface area (Å²) in [5, 5.41) is 3.10. The molecule has 0 saturated carbocycles. The van der Waals surface area contributed by atoms with Crippen LogP contribution < -0.4 is 11.1 Å². The fraction of sp³-hybridized carbons (Fsp3) is 0.286. The summed E-state index contributed by atoms with van der Waals surface area (Å²) in [5.41, 5.74) is 7.31. The van der Waals surface area contributed by atoms with Crippen molar-refractivity contribution in [3.63, 3.8) is 0 Å². The second-order valence-corrected chi connectivity index (χ2v) is 2.97. The van der Waals surface area contributed by atoms with Gasteiger partial charge in [0.1, 0.15) is 0 Å². The monoisotopic (exact) mass is 215 g/mol. The van der Waals surface area contributed by atoms with Crippen LogP contribution in [0.5, 0.6) is 0 Å². The van der Waals surface area contributed by atoms with Gasteiger partial charge >= 0.3 is 0 Å². The van der Waals surface area contributed by atoms with Crippen molar-refractivity contribution in [1.29, 1.82) is 0 Å². The number of nitrogens with zero attached hydrogens (tertiary/aromatic N) is 1. The molecule has 1 rings (SSSR count). The van der Waals surface area contributed by atoms with Crippen molar-refractivity contribution in [1.82, 2.24) is 4.98 Å². The Kier molecular flexibility index (Phi) is 2.70. The van der Waals surface area contributed by atoms with Gasteiger partial charge < -0.3 is 11.1 Å². The minimum absolute atomic E-state index is 0.710. The average Bonchev–Trinajstić information content (AvgIpc) is 1.99. The lowest BCUT2D eigenvalue weighted by molar-refractivity contribution is 1.19. The Balaban J connectivity index is 2.96. The zero-order valence-corrected chi connectivity index (χ0v) is 7.85. The van der Waals surface area contributed by atoms with Gasteiger partial charge in [-0.15, -0.1) is 0 Å². The molecule has 3 nitrogen and oxygen atoms in total. The Morgan fingerprint density at radius 3 is 3.00 bits per heavy atom. The topological polar surface area (TPSA) is 50.9 Å². The van der Waals surface area contributed by atoms with Gasteiger partial charge in [-0.25, -0.2) is 0 Å². The van der Waals surface area contributed by atoms with Gasteiger partial charge in [-0.2, -0.15) is 0 Å². The second kappa shape index (κ2) is 3.57. The maximum atomic E-state index is 5.72. The van der Waals surface area contributed by atoms with E-state index in [4.69, 9.17) is 5.73 Å². The van der Waals surface area contributed by atoms with Crippen LogP contribution in [0.1, 0.15) is 6.92 Å². The van der Waals surface area contributed by atoms with Crippen molar-refractivity contribution in [2.75, 3.05) is 17.6 Å². The highest BCUT2D eigenvalue weighted by Gasteiger charge is 2.00. The van der Waals surface area contributed by atoms with E-state index in [9.17, 15) is 0 Å². The Morgan fingerprint density at radius 1 is 1.64 bits per heavy atom. The Hall–Kier alpha value is -0.770. The van der Waals surface area contributed by atoms with Crippen molar-refractivity contribution in [3.8, 4) is 0 Å². The van der Waals surface area contributed by atoms with Crippen molar-refractivity contribution in [2.24, 2.45) is 0 Å². The van der Waals surface area contributed by atoms with E-state index in [0.717, 1.165) is 16.7 Å². The van der Waals surface area contributed by atoms with Gasteiger partial charge in [0.25, 0.3) is 0 Å². The highest BCUT2D eigenvalue weighted by atomic mass is 79.9. The van der Waals surface area contributed by atoms with E-state index in [0.29, 0.717) is 5.69 Å². The number of rotatable bonds is 2. The van der Waals surface area contributed by atoms with Crippen molar-refractivity contribution in [2.45, 2.75) is 6.92 Å². The molecule has 0 atom stereocenters. The van der Waals surface area contributed by atoms with Crippen LogP contribution in [0.2, 0.25) is 0 Å². The quantitative estimate of drug-likeness (QED) is 0.793. The van der Waals surface area contributed by atoms with Crippen molar-refractivity contribution in [3.05, 3.63) is 16.9 Å². The fourth-order valence-electron chi connectivity index (χ4n) is 0.776. The molecular weight excluding hydrogens is 206 g/mol. The number of aromatic nitrogens is 1. The molecule has 0 saturated heterocycles. The summed E-state index contributed by atoms with van der Waals surface area (Å²) in [5.74, 6) is 0. The molecule has 0 radical (unpaired) electrons. The summed E-state index contributed by atoms with van der Waals surface area (Å²) in [4.78, 5) is 3.97. The number of pyridine rings is 1. The van der Waals surface area contributed by atoms with E-state index < -0.39 is 0 Å². The number of nitrogen functional groups attached to an aromatic ring is 1. The van der Waals surface area contributed by atoms with Crippen LogP contribution in [0.3, 0.4) is 0 Å². The Bertz CT molecular complexity index is 249. The van der Waals surface area contributed by atoms with E-state index in [-0.39, 0.29) is 0 Å². The van der Waals surface area contributed by atoms with Crippen LogP contribution >= 0.6 is 15.9 Å². The van der Waals surface area contributed by atoms with E-state index in [1.165, 1.54) is 0 Å². The van der Waals surface area contributed by atoms with Crippen LogP contribution in [0, 0.1) is 0 Å². The van der Waals surface area contributed by atoms with Crippen LogP contribution in [-0.2, 0) is 0 Å². The lowest BCUT2D eigenvalue weighted by atomic mass is 10.3. The molecule has 0 aliphatic rings. The van der Waals surface area contributed by atoms with Gasteiger partial charge in [-0.05, 0) is 22.9 Å². The van der Waals surface area contributed by atoms with E-state index in [2.05, 4.69) is 26.2 Å². The largest absolute Gasteiger partial charge is 0.396 e. The first kappa shape index (κ1) is 8.33. The first-order valence-corrected chi connectivity index (χ1v) is 4.18. The lowest BCUT2D eigenvalue weighted by Crippen LogP contribution is -2.01. The molecule has 0 bridgehead atoms. The van der Waals surface area contributed by atoms with Crippen LogP contribution in [0.25, 0.3) is 0 Å². The minimum Gasteiger partial charge on any atom is -0.396 e. The van der Waals surface area contributed by atoms with Crippen LogP contribution in [0.4, 0.5) is 11.4 Å². The van der Waals surface area contributed by atoms with Crippen LogP contribution in [-0.4, -0.2) is 11.5 Å². The average molecular weight is 216 g/mol. The third-order valence-corrected chi connectivity index (χ3v) is 1.94. The normalized spacial score (nSPS) is 9.64. The molecule has 11 heavy (non-hydrogen) atoms. The SMILES string of the molecule is CCNc1cncc(Br)c1N. The summed E-state index contributed by atoms with van der Waals surface area (Å²) >= 11 is 3.29. The van der Waals surface area contributed by atoms with Crippen LogP contribution in [0.15, 0.2) is 16.9 Å². The molecule has 0 amide bonds. The van der Waals surface area contributed by atoms with Gasteiger partial charge in [0.2, 0.25) is 0 Å². The fourth-order valence-corrected chi connectivity index (χ4v) is 1.11. The number of nitrogens with two attached hydrogens (primary N) is 1. The third kappa shape index (κ3) is 1.83. The predicted octanol–water partition coefficient (Wildman–Crippen LogP) is 1.86. The van der Waals surface area contributed by atoms with Gasteiger partial charge in [-0.1, -0.05) is 0 Å². The maximum Gasteiger partial charge on any atom is 0.0771 e. The zero-order chi connectivity index (χ0) is 8.27. The number of hydrogen-bond acceptors (Lipinski definition) is 3. The molecule has 0 spiro atoms. The minimum atomic E-state index is 0.710. The van der Waals surface area contributed by atoms with Gasteiger partial charge in [0.15, 0.2) is 0 Å². The summed E-state index contributed by atoms with van der Waals surface area (Å²) in [6.07, 6.45) is 3.39. The van der Waals surface area contributed by atoms with Gasteiger partial charge in [0.05, 0.1) is 22.0 Å². The molecule has 0 aliphatic carbocycles. The van der Waals surface area contributed by atoms with E-state index in [1.807, 2.05) is 6.92 Å². The second-order valence-electron chi connectivity index (χ2n) is 2.11. The molecule has 3 N–H and O–H groups in total. The van der Waals surface area contributed by atoms with Gasteiger partial charge in [-0.3, -0.25) is 4.98 Å². The summed E-state index contributed by atoms with van der Waals surface area (Å²) in [6, 6.07) is 0. The smallest absolute Gasteiger partial charge is 0.0771 e. The van der Waals surface area contributed by atoms with Crippen molar-refractivity contribution < 1.29 is 0 Å². The number of hydrogen-bond donors (Lipinski definition) is 2. The molecule has 0 fully saturated rings. The highest BCUT2D eigenvalue weighted by molar-refractivity contribution is 9.10. The maximum absolute atomic E-state index is 5.72. The molecule has 1 heterocycles. The number of halogens is 1. The van der Waals surface area contributed by atoms with Crippen molar-refractivity contribution >= 4 is 27.3 Å². The number of anilines is 2. The molecule has 0 aliphatic heterocycles. The summed E-state index contributed by atoms with van der Waals surface area (Å²) in [6.45, 7) is 2.86. The van der Waals surface area contributed by atoms with E-state index >= 15 is 0 Å². The highest BCUT2D eigenvalue weighted by Crippen LogP contribution is 2.25. The predicted molar refractivity (Wildman–Crippen MR) is 50.5 cm³/mol. The number of nitrogens with one attached hydrogen (secondary N) is 1. The van der Waals surface area contributed by atoms with Gasteiger partial charge in [0, 0.05) is 12.7 Å². The first-order chi connectivity index (χ1) is 5.25. The zero-order valence-electron chi connectivity index (χ0n) is 6.26. The lowest BCUT2D eigenvalue weighted by Gasteiger charge is -2.06. The first-order valence-electron chi connectivity index (χ1n) is 3.38. The summed E-state index contributed by atoms with van der Waals surface area (Å²) in [7, 11) is 0. The molecule has 60 valence electrons. The molecule has 4 heteroatoms. The van der Waals surface area contributed by atoms with E-state index in [1.54, 1.807) is 12.4 Å². The Morgan fingerprint density at radius 2 is 2.36 bits per heavy atom. The third-order valence-electron chi connectivity index (χ3n) is 1.31. The molecule has 0 aromatic carbocycles. The molecule has 1 aromatic rings. The molecular formula is C7H10BrN3. The molecule has 0 unspecified atom stereocenters. The summed E-state index contributed by atoms with van der Waals surface area (Å²) < 4.78 is 0.830.